The highest BCUT2D eigenvalue weighted by Crippen LogP contribution is 2.22. The highest BCUT2D eigenvalue weighted by atomic mass is 127. The van der Waals surface area contributed by atoms with E-state index in [0.29, 0.717) is 13.1 Å². The van der Waals surface area contributed by atoms with E-state index >= 15 is 0 Å². The van der Waals surface area contributed by atoms with Crippen LogP contribution in [0.15, 0.2) is 34.6 Å². The monoisotopic (exact) mass is 476 g/mol. The summed E-state index contributed by atoms with van der Waals surface area (Å²) in [4.78, 5) is 10.9. The number of aromatic nitrogens is 1. The van der Waals surface area contributed by atoms with Gasteiger partial charge < -0.3 is 10.2 Å². The summed E-state index contributed by atoms with van der Waals surface area (Å²) in [5.74, 6) is 0.604. The Morgan fingerprint density at radius 1 is 1.32 bits per heavy atom. The first-order valence-corrected chi connectivity index (χ1v) is 8.78. The van der Waals surface area contributed by atoms with Gasteiger partial charge in [-0.25, -0.2) is 9.37 Å². The second-order valence-electron chi connectivity index (χ2n) is 6.51. The van der Waals surface area contributed by atoms with E-state index in [-0.39, 0.29) is 35.2 Å². The summed E-state index contributed by atoms with van der Waals surface area (Å²) in [5.41, 5.74) is 1.99. The smallest absolute Gasteiger partial charge is 0.193 e. The summed E-state index contributed by atoms with van der Waals surface area (Å²) in [5, 5.41) is 6.55. The lowest BCUT2D eigenvalue weighted by molar-refractivity contribution is 0.445. The lowest BCUT2D eigenvalue weighted by Gasteiger charge is -2.29. The van der Waals surface area contributed by atoms with E-state index in [4.69, 9.17) is 0 Å². The van der Waals surface area contributed by atoms with Crippen LogP contribution in [-0.4, -0.2) is 36.5 Å². The molecule has 0 bridgehead atoms. The fourth-order valence-electron chi connectivity index (χ4n) is 2.49. The van der Waals surface area contributed by atoms with Crippen LogP contribution in [0.2, 0.25) is 0 Å². The van der Waals surface area contributed by atoms with Gasteiger partial charge in [-0.2, -0.15) is 0 Å². The number of nitrogens with zero attached hydrogens (tertiary/aromatic N) is 3. The highest BCUT2D eigenvalue weighted by Gasteiger charge is 2.21. The van der Waals surface area contributed by atoms with Crippen molar-refractivity contribution in [2.45, 2.75) is 32.7 Å². The van der Waals surface area contributed by atoms with Gasteiger partial charge in [0.25, 0.3) is 0 Å². The fraction of sp³-hybridized carbons (Fsp3) is 0.444. The molecule has 138 valence electrons. The maximum absolute atomic E-state index is 13.1. The van der Waals surface area contributed by atoms with Crippen LogP contribution in [0, 0.1) is 12.7 Å². The molecule has 2 rings (SSSR count). The maximum Gasteiger partial charge on any atom is 0.193 e. The standard InChI is InChI=1S/C18H25FN4S.HI/c1-13-22-16(11-24-13)10-23(5)17(20-4)21-12-18(2,3)14-6-8-15(19)9-7-14;/h6-9,11H,10,12H2,1-5H3,(H,20,21);1H. The van der Waals surface area contributed by atoms with Crippen molar-refractivity contribution in [1.29, 1.82) is 0 Å². The second kappa shape index (κ2) is 9.47. The number of hydrogen-bond donors (Lipinski definition) is 1. The Kier molecular flexibility index (Phi) is 8.27. The molecule has 0 atom stereocenters. The van der Waals surface area contributed by atoms with E-state index in [1.54, 1.807) is 18.4 Å². The predicted molar refractivity (Wildman–Crippen MR) is 115 cm³/mol. The van der Waals surface area contributed by atoms with E-state index in [2.05, 4.69) is 39.4 Å². The van der Waals surface area contributed by atoms with Crippen molar-refractivity contribution >= 4 is 41.3 Å². The predicted octanol–water partition coefficient (Wildman–Crippen LogP) is 4.19. The molecular weight excluding hydrogens is 450 g/mol. The van der Waals surface area contributed by atoms with Crippen LogP contribution in [0.4, 0.5) is 4.39 Å². The van der Waals surface area contributed by atoms with Crippen molar-refractivity contribution in [1.82, 2.24) is 15.2 Å². The van der Waals surface area contributed by atoms with Gasteiger partial charge in [-0.05, 0) is 24.6 Å². The van der Waals surface area contributed by atoms with Crippen molar-refractivity contribution in [3.63, 3.8) is 0 Å². The molecule has 1 N–H and O–H groups in total. The van der Waals surface area contributed by atoms with E-state index in [9.17, 15) is 4.39 Å². The normalized spacial score (nSPS) is 11.8. The van der Waals surface area contributed by atoms with Crippen molar-refractivity contribution in [2.75, 3.05) is 20.6 Å². The van der Waals surface area contributed by atoms with Gasteiger partial charge >= 0.3 is 0 Å². The zero-order chi connectivity index (χ0) is 17.7. The zero-order valence-corrected chi connectivity index (χ0v) is 18.5. The Labute approximate surface area is 170 Å². The summed E-state index contributed by atoms with van der Waals surface area (Å²) in [6.07, 6.45) is 0. The lowest BCUT2D eigenvalue weighted by atomic mass is 9.84. The molecule has 0 radical (unpaired) electrons. The highest BCUT2D eigenvalue weighted by molar-refractivity contribution is 14.0. The van der Waals surface area contributed by atoms with Crippen molar-refractivity contribution in [3.8, 4) is 0 Å². The molecular formula is C18H26FIN4S. The molecule has 0 aliphatic rings. The summed E-state index contributed by atoms with van der Waals surface area (Å²) >= 11 is 1.65. The first kappa shape index (κ1) is 21.8. The Balaban J connectivity index is 0.00000312. The summed E-state index contributed by atoms with van der Waals surface area (Å²) in [6, 6.07) is 6.67. The molecule has 0 spiro atoms. The molecule has 0 unspecified atom stereocenters. The number of halogens is 2. The molecule has 1 aromatic heterocycles. The van der Waals surface area contributed by atoms with Crippen LogP contribution in [0.1, 0.15) is 30.1 Å². The average Bonchev–Trinajstić information content (AvgIpc) is 2.93. The van der Waals surface area contributed by atoms with Gasteiger partial charge in [0.1, 0.15) is 5.82 Å². The van der Waals surface area contributed by atoms with Crippen LogP contribution >= 0.6 is 35.3 Å². The molecule has 0 amide bonds. The number of nitrogens with one attached hydrogen (secondary N) is 1. The lowest BCUT2D eigenvalue weighted by Crippen LogP contribution is -2.44. The van der Waals surface area contributed by atoms with Crippen molar-refractivity contribution in [2.24, 2.45) is 4.99 Å². The molecule has 4 nitrogen and oxygen atoms in total. The molecule has 0 saturated heterocycles. The first-order valence-electron chi connectivity index (χ1n) is 7.90. The molecule has 0 aliphatic carbocycles. The molecule has 1 aromatic carbocycles. The number of aryl methyl sites for hydroxylation is 1. The van der Waals surface area contributed by atoms with Crippen LogP contribution in [0.5, 0.6) is 0 Å². The Morgan fingerprint density at radius 2 is 1.96 bits per heavy atom. The van der Waals surface area contributed by atoms with Crippen molar-refractivity contribution < 1.29 is 4.39 Å². The summed E-state index contributed by atoms with van der Waals surface area (Å²) in [7, 11) is 3.77. The van der Waals surface area contributed by atoms with Gasteiger partial charge in [0.15, 0.2) is 5.96 Å². The molecule has 0 saturated carbocycles. The van der Waals surface area contributed by atoms with Crippen LogP contribution < -0.4 is 5.32 Å². The Hall–Kier alpha value is -1.22. The third kappa shape index (κ3) is 6.22. The van der Waals surface area contributed by atoms with Gasteiger partial charge in [0.05, 0.1) is 17.2 Å². The van der Waals surface area contributed by atoms with Gasteiger partial charge in [-0.1, -0.05) is 26.0 Å². The number of rotatable bonds is 5. The summed E-state index contributed by atoms with van der Waals surface area (Å²) < 4.78 is 13.1. The third-order valence-electron chi connectivity index (χ3n) is 3.95. The zero-order valence-electron chi connectivity index (χ0n) is 15.3. The van der Waals surface area contributed by atoms with Gasteiger partial charge in [-0.3, -0.25) is 4.99 Å². The quantitative estimate of drug-likeness (QED) is 0.400. The van der Waals surface area contributed by atoms with E-state index in [1.807, 2.05) is 26.1 Å². The first-order chi connectivity index (χ1) is 11.3. The van der Waals surface area contributed by atoms with Gasteiger partial charge in [-0.15, -0.1) is 35.3 Å². The second-order valence-corrected chi connectivity index (χ2v) is 7.57. The molecule has 0 fully saturated rings. The minimum absolute atomic E-state index is 0. The molecule has 1 heterocycles. The van der Waals surface area contributed by atoms with Crippen LogP contribution in [0.3, 0.4) is 0 Å². The largest absolute Gasteiger partial charge is 0.355 e. The SMILES string of the molecule is CN=C(NCC(C)(C)c1ccc(F)cc1)N(C)Cc1csc(C)n1.I. The minimum atomic E-state index is -0.211. The molecule has 0 aliphatic heterocycles. The van der Waals surface area contributed by atoms with Gasteiger partial charge in [0.2, 0.25) is 0 Å². The Bertz CT molecular complexity index is 697. The number of benzene rings is 1. The number of hydrogen-bond acceptors (Lipinski definition) is 3. The van der Waals surface area contributed by atoms with Crippen LogP contribution in [0.25, 0.3) is 0 Å². The topological polar surface area (TPSA) is 40.5 Å². The summed E-state index contributed by atoms with van der Waals surface area (Å²) in [6.45, 7) is 7.67. The van der Waals surface area contributed by atoms with Crippen molar-refractivity contribution in [3.05, 3.63) is 51.7 Å². The molecule has 7 heteroatoms. The molecule has 25 heavy (non-hydrogen) atoms. The Morgan fingerprint density at radius 3 is 2.48 bits per heavy atom. The van der Waals surface area contributed by atoms with E-state index in [0.717, 1.165) is 22.2 Å². The maximum atomic E-state index is 13.1. The van der Waals surface area contributed by atoms with E-state index in [1.165, 1.54) is 12.1 Å². The third-order valence-corrected chi connectivity index (χ3v) is 4.78. The van der Waals surface area contributed by atoms with Crippen LogP contribution in [-0.2, 0) is 12.0 Å². The minimum Gasteiger partial charge on any atom is -0.355 e. The number of thiazole rings is 1. The van der Waals surface area contributed by atoms with E-state index < -0.39 is 0 Å². The average molecular weight is 476 g/mol. The fourth-order valence-corrected chi connectivity index (χ4v) is 3.09. The number of guanidine groups is 1. The number of aliphatic imine (C=N–C) groups is 1. The van der Waals surface area contributed by atoms with Gasteiger partial charge in [0, 0.05) is 31.4 Å². The molecule has 2 aromatic rings.